The van der Waals surface area contributed by atoms with Crippen molar-refractivity contribution in [1.82, 2.24) is 4.31 Å². The van der Waals surface area contributed by atoms with Crippen LogP contribution in [0.3, 0.4) is 0 Å². The fourth-order valence-corrected chi connectivity index (χ4v) is 5.10. The maximum absolute atomic E-state index is 13.0. The van der Waals surface area contributed by atoms with E-state index in [2.05, 4.69) is 0 Å². The number of benzene rings is 1. The van der Waals surface area contributed by atoms with E-state index in [0.29, 0.717) is 11.3 Å². The van der Waals surface area contributed by atoms with Crippen LogP contribution in [0.25, 0.3) is 0 Å². The van der Waals surface area contributed by atoms with Crippen molar-refractivity contribution in [2.24, 2.45) is 0 Å². The van der Waals surface area contributed by atoms with Crippen molar-refractivity contribution in [1.29, 1.82) is 0 Å². The highest BCUT2D eigenvalue weighted by molar-refractivity contribution is 7.89. The summed E-state index contributed by atoms with van der Waals surface area (Å²) in [6.07, 6.45) is 2.78. The first-order chi connectivity index (χ1) is 9.91. The molecule has 1 N–H and O–H groups in total. The summed E-state index contributed by atoms with van der Waals surface area (Å²) in [6.45, 7) is 3.68. The van der Waals surface area contributed by atoms with Crippen LogP contribution in [0, 0.1) is 0 Å². The van der Waals surface area contributed by atoms with Gasteiger partial charge < -0.3 is 9.84 Å². The molecule has 1 aromatic carbocycles. The van der Waals surface area contributed by atoms with Crippen molar-refractivity contribution < 1.29 is 18.3 Å². The molecule has 6 heteroatoms. The quantitative estimate of drug-likeness (QED) is 0.925. The maximum Gasteiger partial charge on any atom is 0.247 e. The van der Waals surface area contributed by atoms with Gasteiger partial charge in [-0.2, -0.15) is 4.31 Å². The van der Waals surface area contributed by atoms with Crippen molar-refractivity contribution in [3.8, 4) is 5.75 Å². The summed E-state index contributed by atoms with van der Waals surface area (Å²) >= 11 is 0. The van der Waals surface area contributed by atoms with Crippen molar-refractivity contribution in [2.45, 2.75) is 56.7 Å². The van der Waals surface area contributed by atoms with E-state index in [4.69, 9.17) is 4.74 Å². The molecule has 0 aromatic heterocycles. The molecule has 118 valence electrons. The summed E-state index contributed by atoms with van der Waals surface area (Å²) in [6, 6.07) is 4.71. The highest BCUT2D eigenvalue weighted by Crippen LogP contribution is 2.34. The van der Waals surface area contributed by atoms with E-state index in [0.717, 1.165) is 19.3 Å². The number of sulfonamides is 1. The van der Waals surface area contributed by atoms with Crippen LogP contribution in [0.4, 0.5) is 0 Å². The van der Waals surface area contributed by atoms with Gasteiger partial charge in [-0.05, 0) is 44.4 Å². The largest absolute Gasteiger partial charge is 0.495 e. The highest BCUT2D eigenvalue weighted by Gasteiger charge is 2.37. The van der Waals surface area contributed by atoms with Crippen LogP contribution in [0.1, 0.15) is 38.7 Å². The molecule has 1 saturated heterocycles. The molecule has 0 amide bonds. The number of nitrogens with zero attached hydrogens (tertiary/aromatic N) is 1. The summed E-state index contributed by atoms with van der Waals surface area (Å²) < 4.78 is 32.8. The van der Waals surface area contributed by atoms with Gasteiger partial charge in [-0.15, -0.1) is 0 Å². The number of hydrogen-bond donors (Lipinski definition) is 1. The fourth-order valence-electron chi connectivity index (χ4n) is 3.01. The predicted molar refractivity (Wildman–Crippen MR) is 80.7 cm³/mol. The summed E-state index contributed by atoms with van der Waals surface area (Å²) in [5.41, 5.74) is 0.562. The molecule has 1 aromatic rings. The fraction of sp³-hybridized carbons (Fsp3) is 0.600. The van der Waals surface area contributed by atoms with E-state index in [-0.39, 0.29) is 23.6 Å². The lowest BCUT2D eigenvalue weighted by Crippen LogP contribution is -2.47. The van der Waals surface area contributed by atoms with Crippen LogP contribution < -0.4 is 4.74 Å². The van der Waals surface area contributed by atoms with Crippen LogP contribution in [0.2, 0.25) is 0 Å². The van der Waals surface area contributed by atoms with E-state index >= 15 is 0 Å². The summed E-state index contributed by atoms with van der Waals surface area (Å²) in [5, 5.41) is 9.26. The zero-order valence-electron chi connectivity index (χ0n) is 12.7. The van der Waals surface area contributed by atoms with E-state index in [1.807, 2.05) is 13.8 Å². The smallest absolute Gasteiger partial charge is 0.247 e. The van der Waals surface area contributed by atoms with Crippen LogP contribution >= 0.6 is 0 Å². The van der Waals surface area contributed by atoms with Crippen molar-refractivity contribution in [2.75, 3.05) is 7.11 Å². The van der Waals surface area contributed by atoms with Gasteiger partial charge >= 0.3 is 0 Å². The van der Waals surface area contributed by atoms with Crippen molar-refractivity contribution >= 4 is 10.0 Å². The Labute approximate surface area is 126 Å². The van der Waals surface area contributed by atoms with Crippen LogP contribution in [-0.2, 0) is 16.6 Å². The summed E-state index contributed by atoms with van der Waals surface area (Å²) in [5.74, 6) is 0.317. The Hall–Kier alpha value is -1.11. The third-order valence-electron chi connectivity index (χ3n) is 4.08. The molecule has 0 saturated carbocycles. The Kier molecular flexibility index (Phi) is 4.91. The predicted octanol–water partition coefficient (Wildman–Crippen LogP) is 2.14. The highest BCUT2D eigenvalue weighted by atomic mass is 32.2. The Balaban J connectivity index is 2.52. The molecule has 1 fully saturated rings. The number of aliphatic hydroxyl groups is 1. The summed E-state index contributed by atoms with van der Waals surface area (Å²) in [4.78, 5) is 0.136. The third kappa shape index (κ3) is 3.07. The van der Waals surface area contributed by atoms with Gasteiger partial charge in [0.1, 0.15) is 10.6 Å². The SMILES string of the molecule is COc1ccc(CO)cc1S(=O)(=O)N1C(C)CCCC1C. The molecule has 1 aliphatic rings. The van der Waals surface area contributed by atoms with Crippen LogP contribution in [0.5, 0.6) is 5.75 Å². The topological polar surface area (TPSA) is 66.8 Å². The molecular formula is C15H23NO4S. The summed E-state index contributed by atoms with van der Waals surface area (Å²) in [7, 11) is -2.18. The zero-order valence-corrected chi connectivity index (χ0v) is 13.6. The number of methoxy groups -OCH3 is 1. The van der Waals surface area contributed by atoms with Gasteiger partial charge in [0, 0.05) is 12.1 Å². The molecule has 1 aliphatic heterocycles. The molecule has 21 heavy (non-hydrogen) atoms. The molecule has 5 nitrogen and oxygen atoms in total. The Morgan fingerprint density at radius 3 is 2.43 bits per heavy atom. The second kappa shape index (κ2) is 6.34. The van der Waals surface area contributed by atoms with E-state index in [1.165, 1.54) is 13.2 Å². The average Bonchev–Trinajstić information content (AvgIpc) is 2.46. The lowest BCUT2D eigenvalue weighted by Gasteiger charge is -2.37. The Morgan fingerprint density at radius 2 is 1.90 bits per heavy atom. The molecule has 2 unspecified atom stereocenters. The monoisotopic (exact) mass is 313 g/mol. The van der Waals surface area contributed by atoms with Crippen molar-refractivity contribution in [3.63, 3.8) is 0 Å². The van der Waals surface area contributed by atoms with Crippen LogP contribution in [-0.4, -0.2) is 37.0 Å². The van der Waals surface area contributed by atoms with Crippen LogP contribution in [0.15, 0.2) is 23.1 Å². The molecule has 0 radical (unpaired) electrons. The molecular weight excluding hydrogens is 290 g/mol. The standard InChI is InChI=1S/C15H23NO4S/c1-11-5-4-6-12(2)16(11)21(18,19)15-9-13(10-17)7-8-14(15)20-3/h7-9,11-12,17H,4-6,10H2,1-3H3. The van der Waals surface area contributed by atoms with Gasteiger partial charge in [-0.3, -0.25) is 0 Å². The van der Waals surface area contributed by atoms with E-state index in [9.17, 15) is 13.5 Å². The Bertz CT molecular complexity index is 590. The lowest BCUT2D eigenvalue weighted by atomic mass is 10.0. The Morgan fingerprint density at radius 1 is 1.29 bits per heavy atom. The van der Waals surface area contributed by atoms with E-state index < -0.39 is 10.0 Å². The van der Waals surface area contributed by atoms with Gasteiger partial charge in [0.15, 0.2) is 0 Å². The number of aliphatic hydroxyl groups excluding tert-OH is 1. The van der Waals surface area contributed by atoms with Gasteiger partial charge in [0.05, 0.1) is 13.7 Å². The van der Waals surface area contributed by atoms with Gasteiger partial charge in [0.2, 0.25) is 10.0 Å². The number of rotatable bonds is 4. The second-order valence-electron chi connectivity index (χ2n) is 5.61. The molecule has 1 heterocycles. The average molecular weight is 313 g/mol. The van der Waals surface area contributed by atoms with Gasteiger partial charge in [0.25, 0.3) is 0 Å². The molecule has 0 bridgehead atoms. The zero-order chi connectivity index (χ0) is 15.6. The lowest BCUT2D eigenvalue weighted by molar-refractivity contribution is 0.203. The molecule has 0 aliphatic carbocycles. The van der Waals surface area contributed by atoms with E-state index in [1.54, 1.807) is 16.4 Å². The van der Waals surface area contributed by atoms with Crippen molar-refractivity contribution in [3.05, 3.63) is 23.8 Å². The molecule has 2 rings (SSSR count). The first-order valence-electron chi connectivity index (χ1n) is 7.23. The van der Waals surface area contributed by atoms with Gasteiger partial charge in [-0.25, -0.2) is 8.42 Å². The van der Waals surface area contributed by atoms with Gasteiger partial charge in [-0.1, -0.05) is 12.5 Å². The molecule has 0 spiro atoms. The second-order valence-corrected chi connectivity index (χ2v) is 7.42. The minimum atomic E-state index is -3.64. The minimum absolute atomic E-state index is 0.0266. The first-order valence-corrected chi connectivity index (χ1v) is 8.67. The third-order valence-corrected chi connectivity index (χ3v) is 6.23. The minimum Gasteiger partial charge on any atom is -0.495 e. The normalized spacial score (nSPS) is 24.0. The number of ether oxygens (including phenoxy) is 1. The maximum atomic E-state index is 13.0. The number of hydrogen-bond acceptors (Lipinski definition) is 4. The molecule has 2 atom stereocenters. The number of piperidine rings is 1. The first kappa shape index (κ1) is 16.3.